The normalized spacial score (nSPS) is 24.7. The van der Waals surface area contributed by atoms with E-state index in [9.17, 15) is 0 Å². The van der Waals surface area contributed by atoms with Crippen LogP contribution in [0.3, 0.4) is 0 Å². The molecule has 0 N–H and O–H groups in total. The molecule has 1 aliphatic carbocycles. The van der Waals surface area contributed by atoms with Crippen LogP contribution in [0.25, 0.3) is 0 Å². The first-order valence-electron chi connectivity index (χ1n) is 6.94. The van der Waals surface area contributed by atoms with Crippen LogP contribution < -0.4 is 0 Å². The van der Waals surface area contributed by atoms with Crippen LogP contribution in [0.1, 0.15) is 49.7 Å². The molecule has 94 valence electrons. The van der Waals surface area contributed by atoms with E-state index in [4.69, 9.17) is 5.26 Å². The Bertz CT molecular complexity index is 433. The highest BCUT2D eigenvalue weighted by Gasteiger charge is 2.21. The van der Waals surface area contributed by atoms with Gasteiger partial charge in [-0.25, -0.2) is 0 Å². The first-order valence-corrected chi connectivity index (χ1v) is 8.58. The minimum atomic E-state index is 0.0292. The summed E-state index contributed by atoms with van der Waals surface area (Å²) in [4.78, 5) is 0. The van der Waals surface area contributed by atoms with E-state index in [1.165, 1.54) is 31.2 Å². The maximum atomic E-state index is 8.80. The summed E-state index contributed by atoms with van der Waals surface area (Å²) in [6.45, 7) is 2.13. The third kappa shape index (κ3) is 3.33. The molecule has 0 spiro atoms. The molecule has 0 atom stereocenters. The van der Waals surface area contributed by atoms with E-state index >= 15 is 0 Å². The fraction of sp³-hybridized carbons (Fsp3) is 0.438. The average Bonchev–Trinajstić information content (AvgIpc) is 2.46. The Morgan fingerprint density at radius 3 is 2.39 bits per heavy atom. The van der Waals surface area contributed by atoms with Crippen LogP contribution in [-0.4, -0.2) is 9.52 Å². The van der Waals surface area contributed by atoms with Gasteiger partial charge in [0.05, 0.1) is 11.6 Å². The molecule has 0 heterocycles. The van der Waals surface area contributed by atoms with Crippen LogP contribution in [-0.2, 0) is 0 Å². The quantitative estimate of drug-likeness (QED) is 0.755. The molecule has 1 saturated carbocycles. The molecule has 0 aromatic heterocycles. The fourth-order valence-corrected chi connectivity index (χ4v) is 4.49. The number of hydrogen-bond acceptors (Lipinski definition) is 1. The molecule has 1 fully saturated rings. The predicted molar refractivity (Wildman–Crippen MR) is 79.5 cm³/mol. The number of rotatable bonds is 3. The highest BCUT2D eigenvalue weighted by molar-refractivity contribution is 6.43. The summed E-state index contributed by atoms with van der Waals surface area (Å²) >= 11 is 0. The second-order valence-electron chi connectivity index (χ2n) is 5.26. The number of hydrogen-bond donors (Lipinski definition) is 0. The lowest BCUT2D eigenvalue weighted by atomic mass is 9.83. The minimum absolute atomic E-state index is 0.0292. The SMILES string of the molecule is CC=C[SiH2][C@H]1CC[C@H](c2ccc(C#N)cc2)CC1. The lowest BCUT2D eigenvalue weighted by Crippen LogP contribution is -2.13. The summed E-state index contributed by atoms with van der Waals surface area (Å²) in [5, 5.41) is 8.80. The largest absolute Gasteiger partial charge is 0.192 e. The minimum Gasteiger partial charge on any atom is -0.192 e. The van der Waals surface area contributed by atoms with Gasteiger partial charge in [-0.1, -0.05) is 31.1 Å². The highest BCUT2D eigenvalue weighted by atomic mass is 28.2. The molecule has 1 aromatic rings. The standard InChI is InChI=1S/C16H21NSi/c1-2-11-18-16-9-7-15(8-10-16)14-5-3-13(12-17)4-6-14/h2-6,11,15-16H,7-10,18H2,1H3/t15-,16-. The van der Waals surface area contributed by atoms with E-state index < -0.39 is 0 Å². The number of nitrogens with zero attached hydrogens (tertiary/aromatic N) is 1. The lowest BCUT2D eigenvalue weighted by molar-refractivity contribution is 0.442. The second kappa shape index (κ2) is 6.56. The van der Waals surface area contributed by atoms with Crippen molar-refractivity contribution in [3.8, 4) is 6.07 Å². The molecule has 2 heteroatoms. The Kier molecular flexibility index (Phi) is 4.78. The summed E-state index contributed by atoms with van der Waals surface area (Å²) < 4.78 is 0. The number of allylic oxidation sites excluding steroid dienone is 1. The third-order valence-electron chi connectivity index (χ3n) is 4.06. The zero-order chi connectivity index (χ0) is 12.8. The summed E-state index contributed by atoms with van der Waals surface area (Å²) in [6, 6.07) is 10.4. The fourth-order valence-electron chi connectivity index (χ4n) is 2.89. The van der Waals surface area contributed by atoms with Gasteiger partial charge in [0.2, 0.25) is 0 Å². The second-order valence-corrected chi connectivity index (χ2v) is 7.35. The van der Waals surface area contributed by atoms with Gasteiger partial charge in [-0.2, -0.15) is 5.26 Å². The van der Waals surface area contributed by atoms with Crippen LogP contribution in [0.5, 0.6) is 0 Å². The van der Waals surface area contributed by atoms with E-state index in [0.717, 1.165) is 17.0 Å². The Morgan fingerprint density at radius 1 is 1.17 bits per heavy atom. The van der Waals surface area contributed by atoms with Gasteiger partial charge in [-0.3, -0.25) is 0 Å². The van der Waals surface area contributed by atoms with Crippen LogP contribution in [0.15, 0.2) is 36.0 Å². The van der Waals surface area contributed by atoms with Gasteiger partial charge in [0.15, 0.2) is 0 Å². The predicted octanol–water partition coefficient (Wildman–Crippen LogP) is 3.71. The van der Waals surface area contributed by atoms with E-state index in [0.29, 0.717) is 0 Å². The average molecular weight is 255 g/mol. The van der Waals surface area contributed by atoms with Crippen molar-refractivity contribution in [1.29, 1.82) is 5.26 Å². The van der Waals surface area contributed by atoms with Crippen molar-refractivity contribution in [3.63, 3.8) is 0 Å². The van der Waals surface area contributed by atoms with Crippen LogP contribution >= 0.6 is 0 Å². The van der Waals surface area contributed by atoms with Crippen molar-refractivity contribution in [3.05, 3.63) is 47.2 Å². The first kappa shape index (κ1) is 13.1. The van der Waals surface area contributed by atoms with Gasteiger partial charge in [-0.05, 0) is 48.9 Å². The Hall–Kier alpha value is -1.33. The van der Waals surface area contributed by atoms with Crippen LogP contribution in [0, 0.1) is 11.3 Å². The third-order valence-corrected chi connectivity index (χ3v) is 6.29. The Balaban J connectivity index is 1.90. The molecule has 0 bridgehead atoms. The maximum absolute atomic E-state index is 8.80. The summed E-state index contributed by atoms with van der Waals surface area (Å²) in [5.74, 6) is 0.730. The van der Waals surface area contributed by atoms with Crippen molar-refractivity contribution < 1.29 is 0 Å². The molecular formula is C16H21NSi. The number of nitriles is 1. The van der Waals surface area contributed by atoms with E-state index in [1.807, 2.05) is 12.1 Å². The summed E-state index contributed by atoms with van der Waals surface area (Å²) in [5.41, 5.74) is 5.66. The van der Waals surface area contributed by atoms with Gasteiger partial charge >= 0.3 is 0 Å². The van der Waals surface area contributed by atoms with Gasteiger partial charge in [0.1, 0.15) is 0 Å². The van der Waals surface area contributed by atoms with Crippen molar-refractivity contribution in [1.82, 2.24) is 0 Å². The summed E-state index contributed by atoms with van der Waals surface area (Å²) in [6.07, 6.45) is 7.70. The zero-order valence-electron chi connectivity index (χ0n) is 11.1. The topological polar surface area (TPSA) is 23.8 Å². The molecule has 2 rings (SSSR count). The molecule has 1 aromatic carbocycles. The van der Waals surface area contributed by atoms with Gasteiger partial charge in [0.25, 0.3) is 0 Å². The molecule has 0 saturated heterocycles. The van der Waals surface area contributed by atoms with Crippen molar-refractivity contribution in [2.45, 2.75) is 44.1 Å². The summed E-state index contributed by atoms with van der Waals surface area (Å²) in [7, 11) is 0.0292. The molecular weight excluding hydrogens is 234 g/mol. The molecule has 0 unspecified atom stereocenters. The molecule has 1 nitrogen and oxygen atoms in total. The molecule has 18 heavy (non-hydrogen) atoms. The van der Waals surface area contributed by atoms with Crippen molar-refractivity contribution >= 4 is 9.52 Å². The van der Waals surface area contributed by atoms with E-state index in [1.54, 1.807) is 0 Å². The van der Waals surface area contributed by atoms with Gasteiger partial charge in [-0.15, -0.1) is 5.70 Å². The van der Waals surface area contributed by atoms with Gasteiger partial charge in [0, 0.05) is 9.52 Å². The maximum Gasteiger partial charge on any atom is 0.0991 e. The van der Waals surface area contributed by atoms with Crippen molar-refractivity contribution in [2.75, 3.05) is 0 Å². The smallest absolute Gasteiger partial charge is 0.0991 e. The van der Waals surface area contributed by atoms with Crippen LogP contribution in [0.2, 0.25) is 5.54 Å². The lowest BCUT2D eigenvalue weighted by Gasteiger charge is -2.28. The molecule has 0 aliphatic heterocycles. The van der Waals surface area contributed by atoms with Crippen LogP contribution in [0.4, 0.5) is 0 Å². The number of benzene rings is 1. The zero-order valence-corrected chi connectivity index (χ0v) is 12.5. The Morgan fingerprint density at radius 2 is 1.83 bits per heavy atom. The van der Waals surface area contributed by atoms with E-state index in [2.05, 4.69) is 36.9 Å². The molecule has 1 aliphatic rings. The van der Waals surface area contributed by atoms with Crippen molar-refractivity contribution in [2.24, 2.45) is 0 Å². The molecule has 0 radical (unpaired) electrons. The first-order chi connectivity index (χ1) is 8.83. The highest BCUT2D eigenvalue weighted by Crippen LogP contribution is 2.38. The molecule has 0 amide bonds. The van der Waals surface area contributed by atoms with Gasteiger partial charge < -0.3 is 0 Å². The monoisotopic (exact) mass is 255 g/mol. The Labute approximate surface area is 112 Å². The van der Waals surface area contributed by atoms with E-state index in [-0.39, 0.29) is 9.52 Å².